The SMILES string of the molecule is O=C(NCCc1ccncc1)c1cnn(-c2nccc(-c3ccc4c(c3)OCO4)n2)c1-c1ccco1. The molecule has 36 heavy (non-hydrogen) atoms. The van der Waals surface area contributed by atoms with Gasteiger partial charge in [-0.3, -0.25) is 9.78 Å². The van der Waals surface area contributed by atoms with Gasteiger partial charge in [-0.05, 0) is 60.5 Å². The predicted octanol–water partition coefficient (Wildman–Crippen LogP) is 3.69. The lowest BCUT2D eigenvalue weighted by Crippen LogP contribution is -2.26. The van der Waals surface area contributed by atoms with E-state index in [9.17, 15) is 4.79 Å². The first-order valence-electron chi connectivity index (χ1n) is 11.3. The molecule has 4 aromatic heterocycles. The number of ether oxygens (including phenoxy) is 2. The number of rotatable bonds is 7. The van der Waals surface area contributed by atoms with E-state index in [1.807, 2.05) is 30.3 Å². The Hall–Kier alpha value is -4.99. The minimum Gasteiger partial charge on any atom is -0.463 e. The fourth-order valence-electron chi connectivity index (χ4n) is 3.95. The van der Waals surface area contributed by atoms with E-state index < -0.39 is 0 Å². The zero-order valence-electron chi connectivity index (χ0n) is 19.0. The van der Waals surface area contributed by atoms with E-state index in [-0.39, 0.29) is 12.7 Å². The van der Waals surface area contributed by atoms with E-state index in [0.29, 0.717) is 53.1 Å². The maximum Gasteiger partial charge on any atom is 0.255 e. The van der Waals surface area contributed by atoms with Crippen molar-refractivity contribution in [2.24, 2.45) is 0 Å². The van der Waals surface area contributed by atoms with E-state index in [2.05, 4.69) is 20.4 Å². The Morgan fingerprint density at radius 1 is 1.03 bits per heavy atom. The quantitative estimate of drug-likeness (QED) is 0.375. The second-order valence-electron chi connectivity index (χ2n) is 7.97. The normalized spacial score (nSPS) is 12.0. The molecule has 0 atom stereocenters. The second-order valence-corrected chi connectivity index (χ2v) is 7.97. The lowest BCUT2D eigenvalue weighted by molar-refractivity contribution is 0.0954. The highest BCUT2D eigenvalue weighted by Gasteiger charge is 2.23. The molecular formula is C26H20N6O4. The molecule has 0 bridgehead atoms. The monoisotopic (exact) mass is 480 g/mol. The van der Waals surface area contributed by atoms with Crippen LogP contribution in [0.15, 0.2) is 84.0 Å². The summed E-state index contributed by atoms with van der Waals surface area (Å²) in [6.45, 7) is 0.655. The molecule has 10 nitrogen and oxygen atoms in total. The highest BCUT2D eigenvalue weighted by atomic mass is 16.7. The predicted molar refractivity (Wildman–Crippen MR) is 129 cm³/mol. The Bertz CT molecular complexity index is 1520. The van der Waals surface area contributed by atoms with Crippen LogP contribution in [-0.4, -0.2) is 44.0 Å². The Labute approximate surface area is 205 Å². The number of amides is 1. The summed E-state index contributed by atoms with van der Waals surface area (Å²) < 4.78 is 18.0. The first-order chi connectivity index (χ1) is 17.8. The van der Waals surface area contributed by atoms with Crippen molar-refractivity contribution in [1.82, 2.24) is 30.0 Å². The first kappa shape index (κ1) is 21.5. The molecule has 0 unspecified atom stereocenters. The second kappa shape index (κ2) is 9.34. The number of benzene rings is 1. The van der Waals surface area contributed by atoms with Gasteiger partial charge >= 0.3 is 0 Å². The molecule has 1 aliphatic rings. The van der Waals surface area contributed by atoms with Crippen LogP contribution < -0.4 is 14.8 Å². The van der Waals surface area contributed by atoms with Crippen molar-refractivity contribution in [1.29, 1.82) is 0 Å². The molecule has 5 aromatic rings. The molecule has 1 aliphatic heterocycles. The Morgan fingerprint density at radius 2 is 1.92 bits per heavy atom. The van der Waals surface area contributed by atoms with Crippen molar-refractivity contribution in [3.63, 3.8) is 0 Å². The molecule has 10 heteroatoms. The van der Waals surface area contributed by atoms with Gasteiger partial charge in [0.1, 0.15) is 5.69 Å². The highest BCUT2D eigenvalue weighted by Crippen LogP contribution is 2.35. The van der Waals surface area contributed by atoms with Gasteiger partial charge in [-0.25, -0.2) is 9.97 Å². The van der Waals surface area contributed by atoms with E-state index in [0.717, 1.165) is 11.1 Å². The molecule has 1 N–H and O–H groups in total. The third-order valence-corrected chi connectivity index (χ3v) is 5.72. The van der Waals surface area contributed by atoms with Crippen LogP contribution in [0.5, 0.6) is 11.5 Å². The van der Waals surface area contributed by atoms with Gasteiger partial charge < -0.3 is 19.2 Å². The van der Waals surface area contributed by atoms with Crippen LogP contribution >= 0.6 is 0 Å². The fraction of sp³-hybridized carbons (Fsp3) is 0.115. The number of fused-ring (bicyclic) bond motifs is 1. The van der Waals surface area contributed by atoms with Crippen LogP contribution in [0.1, 0.15) is 15.9 Å². The van der Waals surface area contributed by atoms with Crippen molar-refractivity contribution >= 4 is 5.91 Å². The summed E-state index contributed by atoms with van der Waals surface area (Å²) in [6.07, 6.45) is 8.82. The summed E-state index contributed by atoms with van der Waals surface area (Å²) in [5.74, 6) is 1.86. The molecule has 1 amide bonds. The molecule has 0 aliphatic carbocycles. The third kappa shape index (κ3) is 4.16. The van der Waals surface area contributed by atoms with E-state index in [4.69, 9.17) is 18.9 Å². The molecule has 0 spiro atoms. The lowest BCUT2D eigenvalue weighted by atomic mass is 10.1. The number of carbonyl (C=O) groups is 1. The van der Waals surface area contributed by atoms with Crippen LogP contribution in [0.25, 0.3) is 28.7 Å². The summed E-state index contributed by atoms with van der Waals surface area (Å²) in [5, 5.41) is 7.39. The minimum absolute atomic E-state index is 0.195. The van der Waals surface area contributed by atoms with Crippen LogP contribution in [0, 0.1) is 0 Å². The van der Waals surface area contributed by atoms with Gasteiger partial charge in [0.25, 0.3) is 11.9 Å². The molecule has 1 aromatic carbocycles. The van der Waals surface area contributed by atoms with Crippen molar-refractivity contribution in [3.05, 3.63) is 90.7 Å². The van der Waals surface area contributed by atoms with Gasteiger partial charge in [-0.15, -0.1) is 0 Å². The fourth-order valence-corrected chi connectivity index (χ4v) is 3.95. The van der Waals surface area contributed by atoms with Crippen molar-refractivity contribution in [3.8, 4) is 40.2 Å². The standard InChI is InChI=1S/C26H20N6O4/c33-25(28-11-7-17-5-9-27-10-6-17)19-15-30-32(24(19)22-2-1-13-34-22)26-29-12-8-20(31-26)18-3-4-21-23(14-18)36-16-35-21/h1-6,8-10,12-15H,7,11,16H2,(H,28,33). The van der Waals surface area contributed by atoms with Gasteiger partial charge in [0.05, 0.1) is 23.7 Å². The Morgan fingerprint density at radius 3 is 2.78 bits per heavy atom. The first-order valence-corrected chi connectivity index (χ1v) is 11.3. The van der Waals surface area contributed by atoms with E-state index >= 15 is 0 Å². The van der Waals surface area contributed by atoms with Crippen molar-refractivity contribution in [2.75, 3.05) is 13.3 Å². The number of aromatic nitrogens is 5. The highest BCUT2D eigenvalue weighted by molar-refractivity contribution is 5.99. The average Bonchev–Trinajstić information content (AvgIpc) is 3.69. The number of carbonyl (C=O) groups excluding carboxylic acids is 1. The van der Waals surface area contributed by atoms with Crippen LogP contribution in [0.3, 0.4) is 0 Å². The van der Waals surface area contributed by atoms with Gasteiger partial charge in [0.2, 0.25) is 6.79 Å². The molecule has 0 fully saturated rings. The number of pyridine rings is 1. The maximum atomic E-state index is 13.1. The molecule has 0 saturated heterocycles. The summed E-state index contributed by atoms with van der Waals surface area (Å²) in [5.41, 5.74) is 3.41. The van der Waals surface area contributed by atoms with Gasteiger partial charge in [0, 0.05) is 30.7 Å². The largest absolute Gasteiger partial charge is 0.463 e. The smallest absolute Gasteiger partial charge is 0.255 e. The van der Waals surface area contributed by atoms with Crippen molar-refractivity contribution < 1.29 is 18.7 Å². The minimum atomic E-state index is -0.270. The summed E-state index contributed by atoms with van der Waals surface area (Å²) in [4.78, 5) is 26.2. The van der Waals surface area contributed by atoms with Crippen molar-refractivity contribution in [2.45, 2.75) is 6.42 Å². The van der Waals surface area contributed by atoms with Crippen LogP contribution in [0.4, 0.5) is 0 Å². The number of hydrogen-bond acceptors (Lipinski definition) is 8. The average molecular weight is 480 g/mol. The number of nitrogens with one attached hydrogen (secondary N) is 1. The molecule has 0 saturated carbocycles. The summed E-state index contributed by atoms with van der Waals surface area (Å²) >= 11 is 0. The molecule has 0 radical (unpaired) electrons. The topological polar surface area (TPSA) is 117 Å². The van der Waals surface area contributed by atoms with E-state index in [1.165, 1.54) is 10.9 Å². The Balaban J connectivity index is 1.31. The number of furan rings is 1. The maximum absolute atomic E-state index is 13.1. The zero-order chi connectivity index (χ0) is 24.3. The van der Waals surface area contributed by atoms with Gasteiger partial charge in [-0.2, -0.15) is 9.78 Å². The Kier molecular flexibility index (Phi) is 5.59. The van der Waals surface area contributed by atoms with Gasteiger partial charge in [-0.1, -0.05) is 0 Å². The molecule has 178 valence electrons. The number of nitrogens with zero attached hydrogens (tertiary/aromatic N) is 5. The lowest BCUT2D eigenvalue weighted by Gasteiger charge is -2.09. The molecule has 5 heterocycles. The van der Waals surface area contributed by atoms with Crippen LogP contribution in [0.2, 0.25) is 0 Å². The van der Waals surface area contributed by atoms with Gasteiger partial charge in [0.15, 0.2) is 17.3 Å². The molecule has 6 rings (SSSR count). The van der Waals surface area contributed by atoms with Crippen LogP contribution in [-0.2, 0) is 6.42 Å². The zero-order valence-corrected chi connectivity index (χ0v) is 19.0. The molecular weight excluding hydrogens is 460 g/mol. The number of hydrogen-bond donors (Lipinski definition) is 1. The third-order valence-electron chi connectivity index (χ3n) is 5.72. The summed E-state index contributed by atoms with van der Waals surface area (Å²) in [6, 6.07) is 14.8. The van der Waals surface area contributed by atoms with E-state index in [1.54, 1.807) is 43.1 Å². The summed E-state index contributed by atoms with van der Waals surface area (Å²) in [7, 11) is 0.